The average Bonchev–Trinajstić information content (AvgIpc) is 2.25. The molecular weight excluding hydrogens is 244 g/mol. The van der Waals surface area contributed by atoms with Gasteiger partial charge in [0.15, 0.2) is 6.54 Å². The van der Waals surface area contributed by atoms with Crippen molar-refractivity contribution in [2.24, 2.45) is 4.99 Å². The highest BCUT2D eigenvalue weighted by atomic mass is 35.5. The minimum atomic E-state index is -0.469. The first-order chi connectivity index (χ1) is 7.99. The number of pyridine rings is 1. The topological polar surface area (TPSA) is 71.6 Å². The molecule has 0 atom stereocenters. The summed E-state index contributed by atoms with van der Waals surface area (Å²) in [4.78, 5) is 19.8. The molecule has 0 radical (unpaired) electrons. The van der Waals surface area contributed by atoms with Crippen molar-refractivity contribution in [3.05, 3.63) is 39.2 Å². The molecule has 0 N–H and O–H groups in total. The second kappa shape index (κ2) is 6.27. The summed E-state index contributed by atoms with van der Waals surface area (Å²) in [5.41, 5.74) is 0.785. The van der Waals surface area contributed by atoms with Crippen molar-refractivity contribution >= 4 is 17.4 Å². The molecule has 0 aliphatic heterocycles. The second-order valence-corrected chi connectivity index (χ2v) is 4.10. The van der Waals surface area contributed by atoms with Gasteiger partial charge >= 0.3 is 5.84 Å². The van der Waals surface area contributed by atoms with Gasteiger partial charge in [-0.2, -0.15) is 0 Å². The van der Waals surface area contributed by atoms with Crippen LogP contribution in [0, 0.1) is 10.1 Å². The van der Waals surface area contributed by atoms with Crippen LogP contribution in [0.2, 0.25) is 5.15 Å². The van der Waals surface area contributed by atoms with E-state index in [1.54, 1.807) is 37.3 Å². The van der Waals surface area contributed by atoms with E-state index in [1.165, 1.54) is 0 Å². The summed E-state index contributed by atoms with van der Waals surface area (Å²) >= 11 is 5.63. The molecule has 1 aromatic rings. The normalized spacial score (nSPS) is 11.9. The summed E-state index contributed by atoms with van der Waals surface area (Å²) in [5, 5.41) is 11.1. The van der Waals surface area contributed by atoms with E-state index in [1.807, 2.05) is 0 Å². The van der Waals surface area contributed by atoms with Gasteiger partial charge in [0.05, 0.1) is 0 Å². The fourth-order valence-electron chi connectivity index (χ4n) is 1.13. The Morgan fingerprint density at radius 3 is 2.76 bits per heavy atom. The van der Waals surface area contributed by atoms with Gasteiger partial charge in [0.2, 0.25) is 0 Å². The molecule has 0 saturated heterocycles. The van der Waals surface area contributed by atoms with Crippen LogP contribution in [0.15, 0.2) is 23.3 Å². The van der Waals surface area contributed by atoms with Crippen molar-refractivity contribution in [2.75, 3.05) is 20.6 Å². The fraction of sp³-hybridized carbons (Fsp3) is 0.400. The van der Waals surface area contributed by atoms with Crippen LogP contribution in [0.5, 0.6) is 0 Å². The average molecular weight is 257 g/mol. The standard InChI is InChI=1S/C10H13ClN4O2/c1-14(2)7-10(15(16)17)13-6-8-3-4-9(11)12-5-8/h3-5H,6-7H2,1-2H3. The Labute approximate surface area is 104 Å². The number of aromatic nitrogens is 1. The van der Waals surface area contributed by atoms with E-state index in [0.29, 0.717) is 5.15 Å². The molecule has 1 heterocycles. The van der Waals surface area contributed by atoms with Gasteiger partial charge in [-0.15, -0.1) is 0 Å². The molecule has 1 aromatic heterocycles. The van der Waals surface area contributed by atoms with Crippen LogP contribution in [-0.2, 0) is 6.54 Å². The van der Waals surface area contributed by atoms with E-state index < -0.39 is 4.92 Å². The van der Waals surface area contributed by atoms with E-state index in [2.05, 4.69) is 9.98 Å². The molecule has 0 fully saturated rings. The Morgan fingerprint density at radius 1 is 1.59 bits per heavy atom. The minimum Gasteiger partial charge on any atom is -0.358 e. The van der Waals surface area contributed by atoms with Gasteiger partial charge in [0.25, 0.3) is 0 Å². The number of hydrogen-bond donors (Lipinski definition) is 0. The number of nitro groups is 1. The predicted molar refractivity (Wildman–Crippen MR) is 65.9 cm³/mol. The van der Waals surface area contributed by atoms with E-state index in [0.717, 1.165) is 5.56 Å². The Bertz CT molecular complexity index is 417. The summed E-state index contributed by atoms with van der Waals surface area (Å²) in [6.07, 6.45) is 1.55. The zero-order valence-electron chi connectivity index (χ0n) is 9.63. The van der Waals surface area contributed by atoms with Crippen LogP contribution in [-0.4, -0.2) is 41.3 Å². The lowest BCUT2D eigenvalue weighted by atomic mass is 10.3. The molecule has 6 nitrogen and oxygen atoms in total. The van der Waals surface area contributed by atoms with Gasteiger partial charge in [0, 0.05) is 11.8 Å². The number of likely N-dealkylation sites (N-methyl/N-ethyl adjacent to an activating group) is 1. The molecule has 0 amide bonds. The third-order valence-electron chi connectivity index (χ3n) is 1.90. The van der Waals surface area contributed by atoms with Crippen LogP contribution in [0.1, 0.15) is 5.56 Å². The quantitative estimate of drug-likeness (QED) is 0.269. The van der Waals surface area contributed by atoms with Crippen LogP contribution in [0.4, 0.5) is 0 Å². The van der Waals surface area contributed by atoms with Crippen LogP contribution in [0.25, 0.3) is 0 Å². The van der Waals surface area contributed by atoms with Crippen molar-refractivity contribution in [1.82, 2.24) is 9.88 Å². The number of hydrogen-bond acceptors (Lipinski definition) is 5. The van der Waals surface area contributed by atoms with Crippen LogP contribution >= 0.6 is 11.6 Å². The number of aliphatic imine (C=N–C) groups is 1. The molecule has 0 bridgehead atoms. The minimum absolute atomic E-state index is 0.0649. The molecule has 0 aliphatic rings. The predicted octanol–water partition coefficient (Wildman–Crippen LogP) is 1.47. The Kier molecular flexibility index (Phi) is 4.99. The highest BCUT2D eigenvalue weighted by Gasteiger charge is 2.13. The van der Waals surface area contributed by atoms with E-state index in [4.69, 9.17) is 11.6 Å². The SMILES string of the molecule is CN(C)CC(=NCc1ccc(Cl)nc1)[N+](=O)[O-]. The Morgan fingerprint density at radius 2 is 2.29 bits per heavy atom. The van der Waals surface area contributed by atoms with Crippen molar-refractivity contribution in [2.45, 2.75) is 6.54 Å². The molecule has 0 saturated carbocycles. The van der Waals surface area contributed by atoms with E-state index >= 15 is 0 Å². The van der Waals surface area contributed by atoms with Crippen molar-refractivity contribution in [3.8, 4) is 0 Å². The largest absolute Gasteiger partial charge is 0.358 e. The lowest BCUT2D eigenvalue weighted by Gasteiger charge is -2.06. The molecule has 1 rings (SSSR count). The van der Waals surface area contributed by atoms with Crippen molar-refractivity contribution < 1.29 is 4.92 Å². The first kappa shape index (κ1) is 13.5. The van der Waals surface area contributed by atoms with Gasteiger partial charge in [-0.3, -0.25) is 4.90 Å². The van der Waals surface area contributed by atoms with Crippen molar-refractivity contribution in [1.29, 1.82) is 0 Å². The molecule has 0 aliphatic carbocycles. The van der Waals surface area contributed by atoms with Gasteiger partial charge in [-0.05, 0) is 25.1 Å². The Hall–Kier alpha value is -1.53. The lowest BCUT2D eigenvalue weighted by molar-refractivity contribution is -0.353. The summed E-state index contributed by atoms with van der Waals surface area (Å²) in [6, 6.07) is 3.37. The highest BCUT2D eigenvalue weighted by Crippen LogP contribution is 2.06. The molecular formula is C10H13ClN4O2. The summed E-state index contributed by atoms with van der Waals surface area (Å²) < 4.78 is 0. The number of nitrogens with zero attached hydrogens (tertiary/aromatic N) is 4. The third-order valence-corrected chi connectivity index (χ3v) is 2.12. The summed E-state index contributed by atoms with van der Waals surface area (Å²) in [6.45, 7) is 0.433. The van der Waals surface area contributed by atoms with Crippen LogP contribution < -0.4 is 0 Å². The molecule has 0 spiro atoms. The lowest BCUT2D eigenvalue weighted by Crippen LogP contribution is -2.27. The maximum absolute atomic E-state index is 10.7. The highest BCUT2D eigenvalue weighted by molar-refractivity contribution is 6.29. The third kappa shape index (κ3) is 4.88. The van der Waals surface area contributed by atoms with Gasteiger partial charge < -0.3 is 10.1 Å². The van der Waals surface area contributed by atoms with Gasteiger partial charge in [-0.25, -0.2) is 4.98 Å². The van der Waals surface area contributed by atoms with Gasteiger partial charge in [-0.1, -0.05) is 22.7 Å². The number of rotatable bonds is 4. The monoisotopic (exact) mass is 256 g/mol. The first-order valence-electron chi connectivity index (χ1n) is 4.92. The first-order valence-corrected chi connectivity index (χ1v) is 5.29. The molecule has 0 unspecified atom stereocenters. The van der Waals surface area contributed by atoms with E-state index in [9.17, 15) is 10.1 Å². The number of halogens is 1. The Balaban J connectivity index is 2.72. The summed E-state index contributed by atoms with van der Waals surface area (Å²) in [5.74, 6) is -0.0649. The molecule has 7 heteroatoms. The number of amidine groups is 1. The smallest absolute Gasteiger partial charge is 0.347 e. The second-order valence-electron chi connectivity index (χ2n) is 3.72. The van der Waals surface area contributed by atoms with Gasteiger partial charge in [0.1, 0.15) is 11.7 Å². The van der Waals surface area contributed by atoms with E-state index in [-0.39, 0.29) is 18.9 Å². The summed E-state index contributed by atoms with van der Waals surface area (Å²) in [7, 11) is 3.51. The maximum Gasteiger partial charge on any atom is 0.347 e. The molecule has 17 heavy (non-hydrogen) atoms. The maximum atomic E-state index is 10.7. The van der Waals surface area contributed by atoms with Crippen LogP contribution in [0.3, 0.4) is 0 Å². The zero-order valence-corrected chi connectivity index (χ0v) is 10.4. The van der Waals surface area contributed by atoms with Crippen molar-refractivity contribution in [3.63, 3.8) is 0 Å². The molecule has 0 aromatic carbocycles. The fourth-order valence-corrected chi connectivity index (χ4v) is 1.24. The zero-order chi connectivity index (χ0) is 12.8. The molecule has 92 valence electrons.